The minimum Gasteiger partial charge on any atom is -0.383 e. The molecule has 10 heteroatoms. The van der Waals surface area contributed by atoms with Gasteiger partial charge in [0, 0.05) is 26.5 Å². The predicted molar refractivity (Wildman–Crippen MR) is 88.2 cm³/mol. The van der Waals surface area contributed by atoms with Gasteiger partial charge in [-0.15, -0.1) is 5.10 Å². The van der Waals surface area contributed by atoms with Gasteiger partial charge in [-0.1, -0.05) is 22.0 Å². The fourth-order valence-corrected chi connectivity index (χ4v) is 3.26. The van der Waals surface area contributed by atoms with Gasteiger partial charge in [-0.2, -0.15) is 10.1 Å². The van der Waals surface area contributed by atoms with Gasteiger partial charge >= 0.3 is 0 Å². The third kappa shape index (κ3) is 2.93. The standard InChI is InChI=1S/C15H18ClN7O2/c1-22-13(16)10(8-17-22)14-18-15(25-20-14)9-3-4-11-12(7-9)23(21-19-11)5-6-24-2/h8-9H,3-7H2,1-2H3. The molecule has 3 aromatic heterocycles. The van der Waals surface area contributed by atoms with Crippen LogP contribution in [0.3, 0.4) is 0 Å². The molecule has 132 valence electrons. The van der Waals surface area contributed by atoms with Crippen molar-refractivity contribution in [1.82, 2.24) is 34.9 Å². The van der Waals surface area contributed by atoms with Gasteiger partial charge in [0.2, 0.25) is 11.7 Å². The molecule has 0 spiro atoms. The Hall–Kier alpha value is -2.26. The number of aryl methyl sites for hydroxylation is 2. The largest absolute Gasteiger partial charge is 0.383 e. The zero-order valence-electron chi connectivity index (χ0n) is 14.0. The summed E-state index contributed by atoms with van der Waals surface area (Å²) in [7, 11) is 3.44. The first-order valence-electron chi connectivity index (χ1n) is 8.09. The lowest BCUT2D eigenvalue weighted by Gasteiger charge is -2.18. The van der Waals surface area contributed by atoms with Crippen molar-refractivity contribution in [3.05, 3.63) is 28.6 Å². The Morgan fingerprint density at radius 1 is 1.44 bits per heavy atom. The Kier molecular flexibility index (Phi) is 4.26. The molecule has 1 aliphatic carbocycles. The molecule has 1 atom stereocenters. The highest BCUT2D eigenvalue weighted by molar-refractivity contribution is 6.32. The summed E-state index contributed by atoms with van der Waals surface area (Å²) in [6.45, 7) is 1.29. The fourth-order valence-electron chi connectivity index (χ4n) is 3.08. The number of hydrogen-bond acceptors (Lipinski definition) is 7. The van der Waals surface area contributed by atoms with Crippen LogP contribution < -0.4 is 0 Å². The normalized spacial score (nSPS) is 17.0. The second kappa shape index (κ2) is 6.57. The van der Waals surface area contributed by atoms with Gasteiger partial charge < -0.3 is 9.26 Å². The van der Waals surface area contributed by atoms with Gasteiger partial charge in [-0.05, 0) is 12.8 Å². The minimum atomic E-state index is 0.143. The number of ether oxygens (including phenoxy) is 1. The maximum absolute atomic E-state index is 6.21. The van der Waals surface area contributed by atoms with Gasteiger partial charge in [-0.25, -0.2) is 4.68 Å². The zero-order valence-corrected chi connectivity index (χ0v) is 14.8. The van der Waals surface area contributed by atoms with Crippen molar-refractivity contribution in [3.63, 3.8) is 0 Å². The molecule has 0 aromatic carbocycles. The van der Waals surface area contributed by atoms with E-state index in [-0.39, 0.29) is 5.92 Å². The molecule has 4 rings (SSSR count). The topological polar surface area (TPSA) is 96.7 Å². The van der Waals surface area contributed by atoms with Gasteiger partial charge in [-0.3, -0.25) is 4.68 Å². The molecule has 0 saturated carbocycles. The summed E-state index contributed by atoms with van der Waals surface area (Å²) in [5.74, 6) is 1.22. The number of rotatable bonds is 5. The Labute approximate surface area is 148 Å². The molecule has 0 amide bonds. The van der Waals surface area contributed by atoms with Gasteiger partial charge in [0.15, 0.2) is 0 Å². The first kappa shape index (κ1) is 16.2. The van der Waals surface area contributed by atoms with Crippen molar-refractivity contribution < 1.29 is 9.26 Å². The summed E-state index contributed by atoms with van der Waals surface area (Å²) in [4.78, 5) is 4.54. The van der Waals surface area contributed by atoms with Crippen molar-refractivity contribution >= 4 is 11.6 Å². The average Bonchev–Trinajstić information content (AvgIpc) is 3.33. The lowest BCUT2D eigenvalue weighted by Crippen LogP contribution is -2.18. The number of methoxy groups -OCH3 is 1. The van der Waals surface area contributed by atoms with E-state index in [0.717, 1.165) is 30.7 Å². The smallest absolute Gasteiger partial charge is 0.230 e. The molecule has 0 fully saturated rings. The molecule has 0 bridgehead atoms. The third-order valence-electron chi connectivity index (χ3n) is 4.49. The lowest BCUT2D eigenvalue weighted by molar-refractivity contribution is 0.181. The second-order valence-electron chi connectivity index (χ2n) is 6.07. The van der Waals surface area contributed by atoms with Crippen LogP contribution in [0.25, 0.3) is 11.4 Å². The molecule has 1 aliphatic rings. The Morgan fingerprint density at radius 2 is 2.32 bits per heavy atom. The highest BCUT2D eigenvalue weighted by Crippen LogP contribution is 2.32. The molecule has 0 saturated heterocycles. The monoisotopic (exact) mass is 363 g/mol. The Morgan fingerprint density at radius 3 is 3.08 bits per heavy atom. The third-order valence-corrected chi connectivity index (χ3v) is 4.94. The number of nitrogens with zero attached hydrogens (tertiary/aromatic N) is 7. The van der Waals surface area contributed by atoms with Gasteiger partial charge in [0.25, 0.3) is 0 Å². The van der Waals surface area contributed by atoms with Crippen LogP contribution in [-0.2, 0) is 31.2 Å². The number of hydrogen-bond donors (Lipinski definition) is 0. The van der Waals surface area contributed by atoms with Crippen molar-refractivity contribution in [3.8, 4) is 11.4 Å². The summed E-state index contributed by atoms with van der Waals surface area (Å²) in [6, 6.07) is 0. The van der Waals surface area contributed by atoms with E-state index in [2.05, 4.69) is 25.6 Å². The highest BCUT2D eigenvalue weighted by atomic mass is 35.5. The van der Waals surface area contributed by atoms with E-state index in [1.54, 1.807) is 25.0 Å². The van der Waals surface area contributed by atoms with E-state index >= 15 is 0 Å². The van der Waals surface area contributed by atoms with Gasteiger partial charge in [0.05, 0.1) is 36.3 Å². The minimum absolute atomic E-state index is 0.143. The van der Waals surface area contributed by atoms with Crippen molar-refractivity contribution in [2.24, 2.45) is 7.05 Å². The SMILES string of the molecule is COCCn1nnc2c1CC(c1nc(-c3cnn(C)c3Cl)no1)CC2. The number of halogens is 1. The van der Waals surface area contributed by atoms with Crippen molar-refractivity contribution in [2.75, 3.05) is 13.7 Å². The molecular formula is C15H18ClN7O2. The van der Waals surface area contributed by atoms with Crippen molar-refractivity contribution in [1.29, 1.82) is 0 Å². The van der Waals surface area contributed by atoms with E-state index in [1.165, 1.54) is 0 Å². The van der Waals surface area contributed by atoms with Crippen LogP contribution in [0.1, 0.15) is 29.6 Å². The Balaban J connectivity index is 1.56. The van der Waals surface area contributed by atoms with Crippen LogP contribution >= 0.6 is 11.6 Å². The van der Waals surface area contributed by atoms with Gasteiger partial charge in [0.1, 0.15) is 5.15 Å². The van der Waals surface area contributed by atoms with Crippen molar-refractivity contribution in [2.45, 2.75) is 31.7 Å². The number of fused-ring (bicyclic) bond motifs is 1. The molecule has 0 N–H and O–H groups in total. The van der Waals surface area contributed by atoms with Crippen LogP contribution in [0.5, 0.6) is 0 Å². The molecule has 1 unspecified atom stereocenters. The molecular weight excluding hydrogens is 346 g/mol. The zero-order chi connectivity index (χ0) is 17.4. The molecule has 3 aromatic rings. The Bertz CT molecular complexity index is 884. The van der Waals surface area contributed by atoms with E-state index in [1.807, 2.05) is 4.68 Å². The summed E-state index contributed by atoms with van der Waals surface area (Å²) < 4.78 is 14.1. The predicted octanol–water partition coefficient (Wildman–Crippen LogP) is 1.63. The first-order valence-corrected chi connectivity index (χ1v) is 8.46. The highest BCUT2D eigenvalue weighted by Gasteiger charge is 2.29. The molecule has 0 radical (unpaired) electrons. The quantitative estimate of drug-likeness (QED) is 0.679. The average molecular weight is 364 g/mol. The van der Waals surface area contributed by atoms with E-state index < -0.39 is 0 Å². The molecule has 9 nitrogen and oxygen atoms in total. The van der Waals surface area contributed by atoms with Crippen LogP contribution in [0.4, 0.5) is 0 Å². The summed E-state index contributed by atoms with van der Waals surface area (Å²) in [5.41, 5.74) is 2.83. The maximum Gasteiger partial charge on any atom is 0.230 e. The first-order chi connectivity index (χ1) is 12.2. The summed E-state index contributed by atoms with van der Waals surface area (Å²) in [6.07, 6.45) is 4.16. The second-order valence-corrected chi connectivity index (χ2v) is 6.43. The van der Waals surface area contributed by atoms with Crippen LogP contribution in [0.15, 0.2) is 10.7 Å². The van der Waals surface area contributed by atoms with Crippen LogP contribution in [0, 0.1) is 0 Å². The lowest BCUT2D eigenvalue weighted by atomic mass is 9.89. The summed E-state index contributed by atoms with van der Waals surface area (Å²) in [5, 5.41) is 17.2. The van der Waals surface area contributed by atoms with E-state index in [0.29, 0.717) is 35.6 Å². The van der Waals surface area contributed by atoms with Crippen LogP contribution in [0.2, 0.25) is 5.15 Å². The summed E-state index contributed by atoms with van der Waals surface area (Å²) >= 11 is 6.21. The molecule has 3 heterocycles. The number of aromatic nitrogens is 7. The fraction of sp³-hybridized carbons (Fsp3) is 0.533. The molecule has 25 heavy (non-hydrogen) atoms. The van der Waals surface area contributed by atoms with Crippen LogP contribution in [-0.4, -0.2) is 48.6 Å². The maximum atomic E-state index is 6.21. The van der Waals surface area contributed by atoms with E-state index in [9.17, 15) is 0 Å². The van der Waals surface area contributed by atoms with E-state index in [4.69, 9.17) is 20.9 Å². The molecule has 0 aliphatic heterocycles.